The molecule has 2 heterocycles. The van der Waals surface area contributed by atoms with Crippen molar-refractivity contribution in [1.82, 2.24) is 9.55 Å². The second-order valence-electron chi connectivity index (χ2n) is 5.24. The number of alkyl halides is 2. The summed E-state index contributed by atoms with van der Waals surface area (Å²) >= 11 is 0. The molecule has 0 N–H and O–H groups in total. The molecule has 6 heteroatoms. The summed E-state index contributed by atoms with van der Waals surface area (Å²) in [6.45, 7) is 4.44. The smallest absolute Gasteiger partial charge is 0.438 e. The number of hydrogen-bond donors (Lipinski definition) is 0. The first-order valence-electron chi connectivity index (χ1n) is 5.94. The van der Waals surface area contributed by atoms with Gasteiger partial charge in [-0.25, -0.2) is 4.98 Å². The predicted molar refractivity (Wildman–Crippen MR) is 65.7 cm³/mol. The van der Waals surface area contributed by atoms with Crippen molar-refractivity contribution in [3.05, 3.63) is 18.0 Å². The Morgan fingerprint density at radius 3 is 2.47 bits per heavy atom. The maximum absolute atomic E-state index is 13.8. The van der Waals surface area contributed by atoms with Gasteiger partial charge in [0.05, 0.1) is 11.0 Å². The lowest BCUT2D eigenvalue weighted by Crippen LogP contribution is -2.54. The third-order valence-corrected chi connectivity index (χ3v) is 3.47. The van der Waals surface area contributed by atoms with Crippen molar-refractivity contribution >= 4 is 11.0 Å². The van der Waals surface area contributed by atoms with E-state index in [-0.39, 0.29) is 5.75 Å². The monoisotopic (exact) mass is 268 g/mol. The van der Waals surface area contributed by atoms with Gasteiger partial charge in [-0.05, 0) is 20.8 Å². The van der Waals surface area contributed by atoms with Gasteiger partial charge in [0.25, 0.3) is 0 Å². The number of rotatable bonds is 0. The average molecular weight is 268 g/mol. The Balaban J connectivity index is 2.22. The number of imidazole rings is 1. The van der Waals surface area contributed by atoms with Crippen LogP contribution < -0.4 is 9.47 Å². The molecule has 4 nitrogen and oxygen atoms in total. The SMILES string of the molecule is Cc1nc2cc3c(cc2n1C)OC(F)(F)C(C)(C)O3. The van der Waals surface area contributed by atoms with E-state index in [4.69, 9.17) is 9.47 Å². The van der Waals surface area contributed by atoms with Gasteiger partial charge in [-0.2, -0.15) is 8.78 Å². The summed E-state index contributed by atoms with van der Waals surface area (Å²) in [4.78, 5) is 4.34. The van der Waals surface area contributed by atoms with Crippen LogP contribution in [0.3, 0.4) is 0 Å². The third-order valence-electron chi connectivity index (χ3n) is 3.47. The molecule has 0 bridgehead atoms. The Kier molecular flexibility index (Phi) is 2.17. The lowest BCUT2D eigenvalue weighted by Gasteiger charge is -2.38. The molecule has 0 radical (unpaired) electrons. The van der Waals surface area contributed by atoms with Gasteiger partial charge in [0.15, 0.2) is 11.5 Å². The first kappa shape index (κ1) is 12.2. The molecule has 2 aromatic rings. The minimum Gasteiger partial charge on any atom is -0.473 e. The highest BCUT2D eigenvalue weighted by atomic mass is 19.3. The molecule has 0 amide bonds. The first-order valence-corrected chi connectivity index (χ1v) is 5.94. The van der Waals surface area contributed by atoms with Gasteiger partial charge in [-0.3, -0.25) is 0 Å². The first-order chi connectivity index (χ1) is 8.71. The van der Waals surface area contributed by atoms with Crippen LogP contribution in [0.15, 0.2) is 12.1 Å². The minimum atomic E-state index is -3.37. The standard InChI is InChI=1S/C13H14F2N2O2/c1-7-16-8-5-10-11(6-9(8)17(7)4)19-13(14,15)12(2,3)18-10/h5-6H,1-4H3. The van der Waals surface area contributed by atoms with Crippen LogP contribution in [0, 0.1) is 6.92 Å². The van der Waals surface area contributed by atoms with E-state index in [9.17, 15) is 8.78 Å². The highest BCUT2D eigenvalue weighted by Gasteiger charge is 2.55. The quantitative estimate of drug-likeness (QED) is 0.737. The van der Waals surface area contributed by atoms with Crippen molar-refractivity contribution in [3.8, 4) is 11.5 Å². The molecule has 3 rings (SSSR count). The fourth-order valence-corrected chi connectivity index (χ4v) is 2.08. The van der Waals surface area contributed by atoms with Gasteiger partial charge in [-0.1, -0.05) is 0 Å². The molecule has 1 aliphatic heterocycles. The summed E-state index contributed by atoms with van der Waals surface area (Å²) in [6, 6.07) is 3.17. The largest absolute Gasteiger partial charge is 0.473 e. The minimum absolute atomic E-state index is 0.0415. The Hall–Kier alpha value is -1.85. The summed E-state index contributed by atoms with van der Waals surface area (Å²) in [5, 5.41) is 0. The molecule has 1 aliphatic rings. The molecule has 102 valence electrons. The number of aromatic nitrogens is 2. The number of fused-ring (bicyclic) bond motifs is 2. The van der Waals surface area contributed by atoms with E-state index in [0.717, 1.165) is 11.3 Å². The lowest BCUT2D eigenvalue weighted by molar-refractivity contribution is -0.281. The molecular weight excluding hydrogens is 254 g/mol. The molecule has 0 saturated heterocycles. The fraction of sp³-hybridized carbons (Fsp3) is 0.462. The summed E-state index contributed by atoms with van der Waals surface area (Å²) < 4.78 is 39.6. The van der Waals surface area contributed by atoms with Crippen molar-refractivity contribution < 1.29 is 18.3 Å². The van der Waals surface area contributed by atoms with Crippen LogP contribution in [0.1, 0.15) is 19.7 Å². The summed E-state index contributed by atoms with van der Waals surface area (Å²) in [5.41, 5.74) is -0.281. The zero-order valence-corrected chi connectivity index (χ0v) is 11.1. The highest BCUT2D eigenvalue weighted by Crippen LogP contribution is 2.46. The van der Waals surface area contributed by atoms with E-state index in [1.165, 1.54) is 19.9 Å². The molecule has 0 saturated carbocycles. The predicted octanol–water partition coefficient (Wildman–Crippen LogP) is 3.02. The maximum Gasteiger partial charge on any atom is 0.438 e. The maximum atomic E-state index is 13.8. The van der Waals surface area contributed by atoms with Crippen LogP contribution in [0.5, 0.6) is 11.5 Å². The second-order valence-corrected chi connectivity index (χ2v) is 5.24. The lowest BCUT2D eigenvalue weighted by atomic mass is 10.1. The normalized spacial score (nSPS) is 19.7. The molecule has 0 fully saturated rings. The van der Waals surface area contributed by atoms with Crippen molar-refractivity contribution in [2.45, 2.75) is 32.5 Å². The molecule has 1 aromatic heterocycles. The fourth-order valence-electron chi connectivity index (χ4n) is 2.08. The van der Waals surface area contributed by atoms with Crippen LogP contribution in [0.4, 0.5) is 8.78 Å². The Labute approximate surface area is 108 Å². The van der Waals surface area contributed by atoms with Gasteiger partial charge >= 0.3 is 6.11 Å². The number of ether oxygens (including phenoxy) is 2. The number of halogens is 2. The van der Waals surface area contributed by atoms with E-state index < -0.39 is 11.7 Å². The Morgan fingerprint density at radius 1 is 1.16 bits per heavy atom. The van der Waals surface area contributed by atoms with E-state index >= 15 is 0 Å². The van der Waals surface area contributed by atoms with Gasteiger partial charge in [0, 0.05) is 19.2 Å². The van der Waals surface area contributed by atoms with E-state index in [2.05, 4.69) is 4.98 Å². The summed E-state index contributed by atoms with van der Waals surface area (Å²) in [5.74, 6) is 1.13. The van der Waals surface area contributed by atoms with Crippen molar-refractivity contribution in [2.24, 2.45) is 7.05 Å². The van der Waals surface area contributed by atoms with Crippen LogP contribution in [-0.4, -0.2) is 21.3 Å². The van der Waals surface area contributed by atoms with Crippen LogP contribution in [-0.2, 0) is 7.05 Å². The molecule has 0 aliphatic carbocycles. The number of hydrogen-bond acceptors (Lipinski definition) is 3. The topological polar surface area (TPSA) is 36.3 Å². The van der Waals surface area contributed by atoms with Gasteiger partial charge < -0.3 is 14.0 Å². The van der Waals surface area contributed by atoms with Crippen molar-refractivity contribution in [3.63, 3.8) is 0 Å². The zero-order chi connectivity index (χ0) is 14.0. The zero-order valence-electron chi connectivity index (χ0n) is 11.1. The highest BCUT2D eigenvalue weighted by molar-refractivity contribution is 5.80. The second kappa shape index (κ2) is 3.37. The van der Waals surface area contributed by atoms with Crippen LogP contribution in [0.2, 0.25) is 0 Å². The van der Waals surface area contributed by atoms with Gasteiger partial charge in [0.1, 0.15) is 5.82 Å². The summed E-state index contributed by atoms with van der Waals surface area (Å²) in [6.07, 6.45) is -3.37. The number of aryl methyl sites for hydroxylation is 2. The van der Waals surface area contributed by atoms with Crippen molar-refractivity contribution in [2.75, 3.05) is 0 Å². The van der Waals surface area contributed by atoms with Crippen molar-refractivity contribution in [1.29, 1.82) is 0 Å². The third kappa shape index (κ3) is 1.59. The average Bonchev–Trinajstić information content (AvgIpc) is 2.53. The molecular formula is C13H14F2N2O2. The Morgan fingerprint density at radius 2 is 1.79 bits per heavy atom. The summed E-state index contributed by atoms with van der Waals surface area (Å²) in [7, 11) is 1.82. The molecule has 19 heavy (non-hydrogen) atoms. The van der Waals surface area contributed by atoms with Gasteiger partial charge in [-0.15, -0.1) is 0 Å². The van der Waals surface area contributed by atoms with E-state index in [0.29, 0.717) is 11.3 Å². The molecule has 1 aromatic carbocycles. The van der Waals surface area contributed by atoms with E-state index in [1.54, 1.807) is 6.07 Å². The number of nitrogens with zero attached hydrogens (tertiary/aromatic N) is 2. The molecule has 0 spiro atoms. The van der Waals surface area contributed by atoms with Crippen LogP contribution in [0.25, 0.3) is 11.0 Å². The van der Waals surface area contributed by atoms with Gasteiger partial charge in [0.2, 0.25) is 5.60 Å². The van der Waals surface area contributed by atoms with E-state index in [1.807, 2.05) is 18.5 Å². The molecule has 0 atom stereocenters. The molecule has 0 unspecified atom stereocenters. The Bertz CT molecular complexity index is 677. The number of benzene rings is 1. The van der Waals surface area contributed by atoms with Crippen LogP contribution >= 0.6 is 0 Å².